The van der Waals surface area contributed by atoms with E-state index in [2.05, 4.69) is 10.6 Å². The van der Waals surface area contributed by atoms with Crippen molar-refractivity contribution in [1.82, 2.24) is 5.32 Å². The van der Waals surface area contributed by atoms with Gasteiger partial charge in [0.1, 0.15) is 12.1 Å². The molecule has 0 bridgehead atoms. The average Bonchev–Trinajstić information content (AvgIpc) is 2.79. The van der Waals surface area contributed by atoms with Gasteiger partial charge in [-0.05, 0) is 68.4 Å². The van der Waals surface area contributed by atoms with Gasteiger partial charge < -0.3 is 20.5 Å². The lowest BCUT2D eigenvalue weighted by atomic mass is 9.92. The molecule has 3 N–H and O–H groups in total. The van der Waals surface area contributed by atoms with E-state index in [-0.39, 0.29) is 18.3 Å². The number of rotatable bonds is 7. The smallest absolute Gasteiger partial charge is 0.247 e. The van der Waals surface area contributed by atoms with Crippen molar-refractivity contribution in [3.63, 3.8) is 0 Å². The maximum Gasteiger partial charge on any atom is 0.247 e. The average molecular weight is 443 g/mol. The molecule has 1 aromatic carbocycles. The van der Waals surface area contributed by atoms with Crippen LogP contribution < -0.4 is 10.6 Å². The van der Waals surface area contributed by atoms with Gasteiger partial charge in [-0.1, -0.05) is 31.6 Å². The van der Waals surface area contributed by atoms with Crippen molar-refractivity contribution < 1.29 is 19.1 Å². The Labute approximate surface area is 190 Å². The highest BCUT2D eigenvalue weighted by Gasteiger charge is 2.19. The van der Waals surface area contributed by atoms with Crippen molar-refractivity contribution in [2.75, 3.05) is 25.0 Å². The molecule has 1 atom stereocenters. The number of carbonyl (C=O) groups excluding carboxylic acids is 2. The minimum atomic E-state index is -0.407. The number of aliphatic hydroxyl groups is 1. The fourth-order valence-electron chi connectivity index (χ4n) is 3.95. The number of aliphatic hydroxyl groups excluding tert-OH is 1. The van der Waals surface area contributed by atoms with Gasteiger partial charge in [-0.25, -0.2) is 4.39 Å². The molecule has 6 heteroatoms. The van der Waals surface area contributed by atoms with Crippen LogP contribution in [-0.4, -0.2) is 37.0 Å². The molecule has 2 rings (SSSR count). The number of hydrogen-bond acceptors (Lipinski definition) is 4. The molecule has 0 saturated carbocycles. The van der Waals surface area contributed by atoms with Crippen LogP contribution in [0.3, 0.4) is 0 Å². The van der Waals surface area contributed by atoms with E-state index in [0.29, 0.717) is 54.7 Å². The number of benzene rings is 1. The third-order valence-corrected chi connectivity index (χ3v) is 5.87. The molecule has 174 valence electrons. The maximum absolute atomic E-state index is 14.4. The minimum Gasteiger partial charge on any atom is -0.396 e. The Morgan fingerprint density at radius 1 is 1.19 bits per heavy atom. The number of hydrogen-bond donors (Lipinski definition) is 3. The number of amides is 1. The first-order chi connectivity index (χ1) is 15.3. The monoisotopic (exact) mass is 442 g/mol. The predicted molar refractivity (Wildman–Crippen MR) is 128 cm³/mol. The van der Waals surface area contributed by atoms with Crippen LogP contribution >= 0.6 is 0 Å². The SMILES string of the molecule is CC/C1=C(C(C)C=O)/C=C/CNc2cc(F)c(C)cc2/C(CCCCO)=C(\C)CNC1=O. The number of nitrogens with one attached hydrogen (secondary N) is 2. The Balaban J connectivity index is 2.60. The van der Waals surface area contributed by atoms with E-state index in [0.717, 1.165) is 29.4 Å². The van der Waals surface area contributed by atoms with Gasteiger partial charge in [-0.3, -0.25) is 4.79 Å². The largest absolute Gasteiger partial charge is 0.396 e. The molecular formula is C26H35FN2O3. The number of carbonyl (C=O) groups is 2. The summed E-state index contributed by atoms with van der Waals surface area (Å²) in [6, 6.07) is 3.36. The van der Waals surface area contributed by atoms with Crippen LogP contribution in [0.4, 0.5) is 10.1 Å². The molecular weight excluding hydrogens is 407 g/mol. The number of anilines is 1. The summed E-state index contributed by atoms with van der Waals surface area (Å²) in [6.07, 6.45) is 7.19. The summed E-state index contributed by atoms with van der Waals surface area (Å²) in [5.74, 6) is -0.874. The third-order valence-electron chi connectivity index (χ3n) is 5.87. The summed E-state index contributed by atoms with van der Waals surface area (Å²) in [5, 5.41) is 15.5. The molecule has 32 heavy (non-hydrogen) atoms. The first-order valence-electron chi connectivity index (χ1n) is 11.3. The summed E-state index contributed by atoms with van der Waals surface area (Å²) in [5.41, 5.74) is 5.46. The van der Waals surface area contributed by atoms with Crippen LogP contribution in [0.5, 0.6) is 0 Å². The van der Waals surface area contributed by atoms with Gasteiger partial charge in [0.25, 0.3) is 0 Å². The zero-order chi connectivity index (χ0) is 23.7. The summed E-state index contributed by atoms with van der Waals surface area (Å²) in [4.78, 5) is 24.5. The zero-order valence-corrected chi connectivity index (χ0v) is 19.6. The lowest BCUT2D eigenvalue weighted by Gasteiger charge is -2.19. The van der Waals surface area contributed by atoms with Gasteiger partial charge in [0.2, 0.25) is 5.91 Å². The van der Waals surface area contributed by atoms with E-state index in [1.165, 1.54) is 6.07 Å². The van der Waals surface area contributed by atoms with Crippen molar-refractivity contribution in [2.24, 2.45) is 5.92 Å². The van der Waals surface area contributed by atoms with Crippen LogP contribution in [-0.2, 0) is 9.59 Å². The molecule has 1 aliphatic rings. The molecule has 1 aliphatic heterocycles. The van der Waals surface area contributed by atoms with E-state index < -0.39 is 5.92 Å². The normalized spacial score (nSPS) is 21.9. The topological polar surface area (TPSA) is 78.4 Å². The van der Waals surface area contributed by atoms with Crippen molar-refractivity contribution >= 4 is 23.5 Å². The van der Waals surface area contributed by atoms with Crippen LogP contribution in [0.1, 0.15) is 57.6 Å². The van der Waals surface area contributed by atoms with E-state index in [1.807, 2.05) is 32.1 Å². The number of unbranched alkanes of at least 4 members (excludes halogenated alkanes) is 1. The molecule has 5 nitrogen and oxygen atoms in total. The van der Waals surface area contributed by atoms with Gasteiger partial charge in [-0.15, -0.1) is 0 Å². The molecule has 0 saturated heterocycles. The Bertz CT molecular complexity index is 931. The van der Waals surface area contributed by atoms with Crippen LogP contribution in [0, 0.1) is 18.7 Å². The first-order valence-corrected chi connectivity index (χ1v) is 11.3. The van der Waals surface area contributed by atoms with Gasteiger partial charge in [-0.2, -0.15) is 0 Å². The fraction of sp³-hybridized carbons (Fsp3) is 0.462. The van der Waals surface area contributed by atoms with Crippen molar-refractivity contribution in [3.05, 3.63) is 57.9 Å². The second kappa shape index (κ2) is 12.3. The number of aryl methyl sites for hydroxylation is 1. The highest BCUT2D eigenvalue weighted by molar-refractivity contribution is 5.95. The quantitative estimate of drug-likeness (QED) is 0.422. The summed E-state index contributed by atoms with van der Waals surface area (Å²) >= 11 is 0. The number of aldehydes is 1. The number of allylic oxidation sites excluding steroid dienone is 3. The predicted octanol–water partition coefficient (Wildman–Crippen LogP) is 4.71. The standard InChI is InChI=1S/C26H35FN2O3/c1-5-20-22(19(4)16-31)10-8-11-28-25-14-24(27)17(2)13-23(25)21(9-6-7-12-30)18(3)15-29-26(20)32/h8,10,13-14,16,19,28,30H,5-7,9,11-12,15H2,1-4H3,(H,29,32)/b10-8+,21-18+,22-20+. The Hall–Kier alpha value is -2.73. The van der Waals surface area contributed by atoms with Crippen LogP contribution in [0.15, 0.2) is 41.0 Å². The van der Waals surface area contributed by atoms with Gasteiger partial charge >= 0.3 is 0 Å². The van der Waals surface area contributed by atoms with Gasteiger partial charge in [0.15, 0.2) is 0 Å². The Kier molecular flexibility index (Phi) is 9.85. The second-order valence-corrected chi connectivity index (χ2v) is 8.26. The molecule has 1 aromatic rings. The van der Waals surface area contributed by atoms with Gasteiger partial charge in [0.05, 0.1) is 0 Å². The Morgan fingerprint density at radius 3 is 2.59 bits per heavy atom. The number of halogens is 1. The molecule has 0 aromatic heterocycles. The Morgan fingerprint density at radius 2 is 1.94 bits per heavy atom. The van der Waals surface area contributed by atoms with E-state index >= 15 is 0 Å². The molecule has 0 fully saturated rings. The minimum absolute atomic E-state index is 0.115. The molecule has 0 spiro atoms. The van der Waals surface area contributed by atoms with E-state index in [1.54, 1.807) is 13.8 Å². The zero-order valence-electron chi connectivity index (χ0n) is 19.6. The third kappa shape index (κ3) is 6.39. The summed E-state index contributed by atoms with van der Waals surface area (Å²) < 4.78 is 14.4. The number of fused-ring (bicyclic) bond motifs is 1. The van der Waals surface area contributed by atoms with Gasteiger partial charge in [0, 0.05) is 42.4 Å². The molecule has 0 radical (unpaired) electrons. The van der Waals surface area contributed by atoms with Crippen molar-refractivity contribution in [1.29, 1.82) is 0 Å². The van der Waals surface area contributed by atoms with Crippen molar-refractivity contribution in [3.8, 4) is 0 Å². The van der Waals surface area contributed by atoms with Crippen LogP contribution in [0.2, 0.25) is 0 Å². The lowest BCUT2D eigenvalue weighted by molar-refractivity contribution is -0.117. The summed E-state index contributed by atoms with van der Waals surface area (Å²) in [6.45, 7) is 8.28. The molecule has 1 heterocycles. The highest BCUT2D eigenvalue weighted by atomic mass is 19.1. The second-order valence-electron chi connectivity index (χ2n) is 8.26. The maximum atomic E-state index is 14.4. The highest BCUT2D eigenvalue weighted by Crippen LogP contribution is 2.33. The molecule has 1 amide bonds. The van der Waals surface area contributed by atoms with Crippen molar-refractivity contribution in [2.45, 2.75) is 53.4 Å². The summed E-state index contributed by atoms with van der Waals surface area (Å²) in [7, 11) is 0. The van der Waals surface area contributed by atoms with Crippen LogP contribution in [0.25, 0.3) is 5.57 Å². The van der Waals surface area contributed by atoms with E-state index in [4.69, 9.17) is 0 Å². The fourth-order valence-corrected chi connectivity index (χ4v) is 3.95. The first kappa shape index (κ1) is 25.5. The molecule has 1 unspecified atom stereocenters. The van der Waals surface area contributed by atoms with E-state index in [9.17, 15) is 19.1 Å². The lowest BCUT2D eigenvalue weighted by Crippen LogP contribution is -2.28. The molecule has 0 aliphatic carbocycles.